The normalized spacial score (nSPS) is 25.7. The molecule has 1 heterocycles. The maximum absolute atomic E-state index is 13.0. The van der Waals surface area contributed by atoms with E-state index < -0.39 is 34.9 Å². The summed E-state index contributed by atoms with van der Waals surface area (Å²) in [7, 11) is 1.28. The number of esters is 1. The first-order valence-electron chi connectivity index (χ1n) is 8.91. The largest absolute Gasteiger partial charge is 0.467 e. The van der Waals surface area contributed by atoms with Gasteiger partial charge in [0.2, 0.25) is 0 Å². The molecule has 0 aromatic rings. The van der Waals surface area contributed by atoms with Gasteiger partial charge in [0, 0.05) is 6.54 Å². The van der Waals surface area contributed by atoms with Gasteiger partial charge >= 0.3 is 18.2 Å². The van der Waals surface area contributed by atoms with Gasteiger partial charge in [-0.1, -0.05) is 0 Å². The lowest BCUT2D eigenvalue weighted by atomic mass is 9.93. The number of methoxy groups -OCH3 is 1. The second-order valence-electron chi connectivity index (χ2n) is 8.99. The fourth-order valence-electron chi connectivity index (χ4n) is 3.54. The molecule has 0 aromatic heterocycles. The van der Waals surface area contributed by atoms with Gasteiger partial charge in [0.1, 0.15) is 11.2 Å². The molecule has 2 bridgehead atoms. The Balaban J connectivity index is 2.43. The summed E-state index contributed by atoms with van der Waals surface area (Å²) < 4.78 is 15.9. The van der Waals surface area contributed by atoms with Crippen molar-refractivity contribution in [1.29, 1.82) is 0 Å². The Kier molecular flexibility index (Phi) is 5.18. The Hall–Kier alpha value is -1.99. The van der Waals surface area contributed by atoms with Crippen LogP contribution < -0.4 is 0 Å². The molecule has 0 spiro atoms. The Morgan fingerprint density at radius 2 is 1.50 bits per heavy atom. The van der Waals surface area contributed by atoms with E-state index >= 15 is 0 Å². The van der Waals surface area contributed by atoms with Crippen LogP contribution in [-0.2, 0) is 19.0 Å². The maximum atomic E-state index is 13.0. The highest BCUT2D eigenvalue weighted by Crippen LogP contribution is 2.46. The second-order valence-corrected chi connectivity index (χ2v) is 8.99. The Labute approximate surface area is 154 Å². The molecule has 2 amide bonds. The van der Waals surface area contributed by atoms with E-state index in [0.717, 1.165) is 5.01 Å². The van der Waals surface area contributed by atoms with Crippen LogP contribution in [0.5, 0.6) is 0 Å². The molecule has 2 aliphatic rings. The highest BCUT2D eigenvalue weighted by Gasteiger charge is 2.61. The van der Waals surface area contributed by atoms with Crippen LogP contribution in [0.3, 0.4) is 0 Å². The van der Waals surface area contributed by atoms with Crippen molar-refractivity contribution in [2.45, 2.75) is 77.5 Å². The first kappa shape index (κ1) is 20.3. The summed E-state index contributed by atoms with van der Waals surface area (Å²) in [5, 5.41) is 2.33. The number of ether oxygens (including phenoxy) is 3. The fraction of sp³-hybridized carbons (Fsp3) is 0.833. The minimum Gasteiger partial charge on any atom is -0.467 e. The van der Waals surface area contributed by atoms with Crippen molar-refractivity contribution in [2.24, 2.45) is 5.92 Å². The molecule has 0 N–H and O–H groups in total. The number of hydrogen-bond donors (Lipinski definition) is 0. The van der Waals surface area contributed by atoms with Gasteiger partial charge < -0.3 is 14.2 Å². The Morgan fingerprint density at radius 1 is 0.962 bits per heavy atom. The van der Waals surface area contributed by atoms with Crippen molar-refractivity contribution >= 4 is 18.2 Å². The predicted molar refractivity (Wildman–Crippen MR) is 93.1 cm³/mol. The first-order valence-corrected chi connectivity index (χ1v) is 8.91. The average Bonchev–Trinajstić information content (AvgIpc) is 2.80. The molecule has 26 heavy (non-hydrogen) atoms. The van der Waals surface area contributed by atoms with E-state index in [0.29, 0.717) is 25.8 Å². The molecule has 0 radical (unpaired) electrons. The highest BCUT2D eigenvalue weighted by atomic mass is 16.6. The van der Waals surface area contributed by atoms with Crippen LogP contribution in [0, 0.1) is 5.92 Å². The molecule has 2 unspecified atom stereocenters. The molecular weight excluding hydrogens is 340 g/mol. The third kappa shape index (κ3) is 4.04. The molecule has 1 saturated heterocycles. The lowest BCUT2D eigenvalue weighted by molar-refractivity contribution is -0.174. The molecule has 8 nitrogen and oxygen atoms in total. The van der Waals surface area contributed by atoms with Crippen molar-refractivity contribution in [1.82, 2.24) is 10.0 Å². The number of hydrazine groups is 1. The minimum atomic E-state index is -1.24. The number of nitrogens with zero attached hydrogens (tertiary/aromatic N) is 2. The zero-order valence-corrected chi connectivity index (χ0v) is 16.7. The molecule has 8 heteroatoms. The van der Waals surface area contributed by atoms with Crippen molar-refractivity contribution < 1.29 is 28.6 Å². The zero-order valence-electron chi connectivity index (χ0n) is 16.7. The zero-order chi connectivity index (χ0) is 19.9. The molecule has 0 aromatic carbocycles. The lowest BCUT2D eigenvalue weighted by Gasteiger charge is -2.48. The second kappa shape index (κ2) is 6.63. The number of carbonyl (C=O) groups excluding carboxylic acids is 3. The molecule has 1 aliphatic carbocycles. The molecule has 2 rings (SSSR count). The summed E-state index contributed by atoms with van der Waals surface area (Å²) in [5.41, 5.74) is -2.74. The molecule has 1 saturated carbocycles. The van der Waals surface area contributed by atoms with Crippen LogP contribution in [-0.4, -0.2) is 58.6 Å². The standard InChI is InChI=1S/C18H30N2O6/c1-16(2,3)25-14(22)19-11-12-8-9-18(10-12,13(21)24-7)20(19)15(23)26-17(4,5)6/h12H,8-11H2,1-7H3. The van der Waals surface area contributed by atoms with Gasteiger partial charge in [-0.25, -0.2) is 19.4 Å². The first-order chi connectivity index (χ1) is 11.8. The van der Waals surface area contributed by atoms with E-state index in [1.807, 2.05) is 0 Å². The van der Waals surface area contributed by atoms with E-state index in [-0.39, 0.29) is 5.92 Å². The summed E-state index contributed by atoms with van der Waals surface area (Å²) in [6.45, 7) is 10.7. The maximum Gasteiger partial charge on any atom is 0.430 e. The summed E-state index contributed by atoms with van der Waals surface area (Å²) in [6, 6.07) is 0. The Morgan fingerprint density at radius 3 is 2.00 bits per heavy atom. The molecule has 2 fully saturated rings. The van der Waals surface area contributed by atoms with Gasteiger partial charge in [0.15, 0.2) is 5.54 Å². The topological polar surface area (TPSA) is 85.4 Å². The summed E-state index contributed by atoms with van der Waals surface area (Å²) in [4.78, 5) is 38.4. The summed E-state index contributed by atoms with van der Waals surface area (Å²) in [5.74, 6) is -0.445. The van der Waals surface area contributed by atoms with Crippen molar-refractivity contribution in [3.63, 3.8) is 0 Å². The third-order valence-corrected chi connectivity index (χ3v) is 4.41. The van der Waals surface area contributed by atoms with E-state index in [2.05, 4.69) is 0 Å². The third-order valence-electron chi connectivity index (χ3n) is 4.41. The number of hydrogen-bond acceptors (Lipinski definition) is 6. The molecular formula is C18H30N2O6. The van der Waals surface area contributed by atoms with Gasteiger partial charge in [-0.05, 0) is 66.7 Å². The van der Waals surface area contributed by atoms with Crippen molar-refractivity contribution in [3.05, 3.63) is 0 Å². The van der Waals surface area contributed by atoms with Crippen molar-refractivity contribution in [3.8, 4) is 0 Å². The van der Waals surface area contributed by atoms with Crippen LogP contribution in [0.2, 0.25) is 0 Å². The van der Waals surface area contributed by atoms with Gasteiger partial charge in [-0.3, -0.25) is 0 Å². The molecule has 148 valence electrons. The van der Waals surface area contributed by atoms with Crippen LogP contribution in [0.4, 0.5) is 9.59 Å². The van der Waals surface area contributed by atoms with Crippen LogP contribution in [0.15, 0.2) is 0 Å². The predicted octanol–water partition coefficient (Wildman–Crippen LogP) is 3.10. The van der Waals surface area contributed by atoms with E-state index in [1.54, 1.807) is 41.5 Å². The highest BCUT2D eigenvalue weighted by molar-refractivity contribution is 5.88. The summed E-state index contributed by atoms with van der Waals surface area (Å²) in [6.07, 6.45) is 0.145. The lowest BCUT2D eigenvalue weighted by Crippen LogP contribution is -2.68. The Bertz CT molecular complexity index is 591. The number of rotatable bonds is 1. The van der Waals surface area contributed by atoms with Gasteiger partial charge in [-0.2, -0.15) is 5.01 Å². The van der Waals surface area contributed by atoms with E-state index in [9.17, 15) is 14.4 Å². The SMILES string of the molecule is COC(=O)C12CCC(CN(C(=O)OC(C)(C)C)N1C(=O)OC(C)(C)C)C2. The van der Waals surface area contributed by atoms with Crippen LogP contribution in [0.1, 0.15) is 60.8 Å². The van der Waals surface area contributed by atoms with E-state index in [4.69, 9.17) is 14.2 Å². The van der Waals surface area contributed by atoms with Crippen molar-refractivity contribution in [2.75, 3.05) is 13.7 Å². The van der Waals surface area contributed by atoms with Gasteiger partial charge in [0.25, 0.3) is 0 Å². The number of fused-ring (bicyclic) bond motifs is 2. The quantitative estimate of drug-likeness (QED) is 0.521. The van der Waals surface area contributed by atoms with Gasteiger partial charge in [-0.15, -0.1) is 0 Å². The van der Waals surface area contributed by atoms with E-state index in [1.165, 1.54) is 12.1 Å². The number of carbonyl (C=O) groups is 3. The van der Waals surface area contributed by atoms with Crippen LogP contribution >= 0.6 is 0 Å². The molecule has 2 atom stereocenters. The smallest absolute Gasteiger partial charge is 0.430 e. The fourth-order valence-corrected chi connectivity index (χ4v) is 3.54. The summed E-state index contributed by atoms with van der Waals surface area (Å²) >= 11 is 0. The molecule has 1 aliphatic heterocycles. The minimum absolute atomic E-state index is 0.0975. The van der Waals surface area contributed by atoms with Gasteiger partial charge in [0.05, 0.1) is 7.11 Å². The average molecular weight is 370 g/mol. The number of amides is 2. The van der Waals surface area contributed by atoms with Crippen LogP contribution in [0.25, 0.3) is 0 Å². The monoisotopic (exact) mass is 370 g/mol.